The van der Waals surface area contributed by atoms with Gasteiger partial charge >= 0.3 is 5.69 Å². The SMILES string of the molecule is Cn1c(C2CCCN2c2cc(=O)n(C)c(=O)[nH]2)nc2ccccc2c1=O. The van der Waals surface area contributed by atoms with Gasteiger partial charge in [-0.05, 0) is 25.0 Å². The summed E-state index contributed by atoms with van der Waals surface area (Å²) in [5, 5.41) is 0.574. The van der Waals surface area contributed by atoms with Gasteiger partial charge < -0.3 is 4.90 Å². The van der Waals surface area contributed by atoms with Crippen molar-refractivity contribution in [3.8, 4) is 0 Å². The highest BCUT2D eigenvalue weighted by atomic mass is 16.2. The topological polar surface area (TPSA) is 93.0 Å². The molecule has 1 aliphatic rings. The van der Waals surface area contributed by atoms with Gasteiger partial charge in [0.25, 0.3) is 11.1 Å². The van der Waals surface area contributed by atoms with Gasteiger partial charge in [0.05, 0.1) is 16.9 Å². The second-order valence-electron chi connectivity index (χ2n) is 6.56. The van der Waals surface area contributed by atoms with Crippen LogP contribution in [0.15, 0.2) is 44.7 Å². The summed E-state index contributed by atoms with van der Waals surface area (Å²) in [6, 6.07) is 8.48. The molecule has 0 aliphatic carbocycles. The lowest BCUT2D eigenvalue weighted by molar-refractivity contribution is 0.604. The Morgan fingerprint density at radius 1 is 1.12 bits per heavy atom. The largest absolute Gasteiger partial charge is 0.348 e. The van der Waals surface area contributed by atoms with Crippen LogP contribution in [-0.2, 0) is 14.1 Å². The lowest BCUT2D eigenvalue weighted by Crippen LogP contribution is -2.37. The standard InChI is InChI=1S/C18H19N5O3/c1-21-15(24)10-14(20-18(21)26)23-9-5-8-13(23)16-19-12-7-4-3-6-11(12)17(25)22(16)2/h3-4,6-7,10,13H,5,8-9H2,1-2H3,(H,20,26). The Bertz CT molecular complexity index is 1140. The molecule has 8 nitrogen and oxygen atoms in total. The van der Waals surface area contributed by atoms with Gasteiger partial charge in [-0.25, -0.2) is 9.78 Å². The Morgan fingerprint density at radius 2 is 1.88 bits per heavy atom. The van der Waals surface area contributed by atoms with Crippen LogP contribution in [0.5, 0.6) is 0 Å². The van der Waals surface area contributed by atoms with Crippen LogP contribution in [0.25, 0.3) is 10.9 Å². The Balaban J connectivity index is 1.87. The fourth-order valence-corrected chi connectivity index (χ4v) is 3.55. The summed E-state index contributed by atoms with van der Waals surface area (Å²) < 4.78 is 2.59. The van der Waals surface area contributed by atoms with Crippen molar-refractivity contribution in [2.75, 3.05) is 11.4 Å². The molecule has 3 aromatic rings. The number of fused-ring (bicyclic) bond motifs is 1. The van der Waals surface area contributed by atoms with Crippen LogP contribution in [0.4, 0.5) is 5.82 Å². The molecule has 0 spiro atoms. The molecule has 3 heterocycles. The summed E-state index contributed by atoms with van der Waals surface area (Å²) in [5.41, 5.74) is -0.280. The number of nitrogens with one attached hydrogen (secondary N) is 1. The zero-order chi connectivity index (χ0) is 18.4. The van der Waals surface area contributed by atoms with Crippen molar-refractivity contribution in [1.29, 1.82) is 0 Å². The number of rotatable bonds is 2. The fourth-order valence-electron chi connectivity index (χ4n) is 3.55. The van der Waals surface area contributed by atoms with E-state index in [2.05, 4.69) is 4.98 Å². The van der Waals surface area contributed by atoms with E-state index in [1.807, 2.05) is 23.1 Å². The quantitative estimate of drug-likeness (QED) is 0.731. The summed E-state index contributed by atoms with van der Waals surface area (Å²) in [6.45, 7) is 0.677. The first-order valence-corrected chi connectivity index (χ1v) is 8.50. The van der Waals surface area contributed by atoms with E-state index in [1.165, 1.54) is 13.1 Å². The maximum Gasteiger partial charge on any atom is 0.329 e. The van der Waals surface area contributed by atoms with E-state index in [1.54, 1.807) is 17.7 Å². The molecule has 1 atom stereocenters. The van der Waals surface area contributed by atoms with Crippen molar-refractivity contribution >= 4 is 16.7 Å². The monoisotopic (exact) mass is 353 g/mol. The molecule has 1 saturated heterocycles. The lowest BCUT2D eigenvalue weighted by Gasteiger charge is -2.27. The third-order valence-electron chi connectivity index (χ3n) is 5.01. The van der Waals surface area contributed by atoms with Crippen LogP contribution in [0, 0.1) is 0 Å². The lowest BCUT2D eigenvalue weighted by atomic mass is 10.1. The Labute approximate surface area is 148 Å². The van der Waals surface area contributed by atoms with E-state index in [4.69, 9.17) is 4.98 Å². The number of nitrogens with zero attached hydrogens (tertiary/aromatic N) is 4. The van der Waals surface area contributed by atoms with Gasteiger partial charge in [0, 0.05) is 26.7 Å². The highest BCUT2D eigenvalue weighted by Gasteiger charge is 2.31. The van der Waals surface area contributed by atoms with Crippen molar-refractivity contribution in [2.45, 2.75) is 18.9 Å². The average molecular weight is 353 g/mol. The highest BCUT2D eigenvalue weighted by Crippen LogP contribution is 2.33. The zero-order valence-electron chi connectivity index (χ0n) is 14.6. The number of hydrogen-bond acceptors (Lipinski definition) is 5. The molecule has 1 fully saturated rings. The van der Waals surface area contributed by atoms with Gasteiger partial charge in [-0.2, -0.15) is 0 Å². The third-order valence-corrected chi connectivity index (χ3v) is 5.01. The van der Waals surface area contributed by atoms with Gasteiger partial charge in [0.15, 0.2) is 0 Å². The van der Waals surface area contributed by atoms with E-state index in [0.29, 0.717) is 29.1 Å². The van der Waals surface area contributed by atoms with Crippen LogP contribution in [0.1, 0.15) is 24.7 Å². The molecule has 1 aliphatic heterocycles. The number of benzene rings is 1. The molecule has 0 amide bonds. The van der Waals surface area contributed by atoms with Gasteiger partial charge in [-0.3, -0.25) is 23.7 Å². The fraction of sp³-hybridized carbons (Fsp3) is 0.333. The van der Waals surface area contributed by atoms with E-state index in [-0.39, 0.29) is 17.2 Å². The normalized spacial score (nSPS) is 17.2. The van der Waals surface area contributed by atoms with E-state index in [0.717, 1.165) is 17.4 Å². The number of H-pyrrole nitrogens is 1. The van der Waals surface area contributed by atoms with Crippen LogP contribution in [0.2, 0.25) is 0 Å². The first kappa shape index (κ1) is 16.3. The summed E-state index contributed by atoms with van der Waals surface area (Å²) in [5.74, 6) is 1.09. The number of para-hydroxylation sites is 1. The van der Waals surface area contributed by atoms with Gasteiger partial charge in [-0.15, -0.1) is 0 Å². The first-order valence-electron chi connectivity index (χ1n) is 8.50. The molecule has 0 bridgehead atoms. The number of aromatic nitrogens is 4. The Morgan fingerprint density at radius 3 is 2.65 bits per heavy atom. The molecule has 1 N–H and O–H groups in total. The first-order chi connectivity index (χ1) is 12.5. The number of anilines is 1. The maximum absolute atomic E-state index is 12.7. The molecule has 2 aromatic heterocycles. The van der Waals surface area contributed by atoms with Crippen molar-refractivity contribution in [3.05, 3.63) is 67.3 Å². The van der Waals surface area contributed by atoms with E-state index < -0.39 is 5.69 Å². The van der Waals surface area contributed by atoms with Crippen LogP contribution < -0.4 is 21.7 Å². The molecule has 4 rings (SSSR count). The van der Waals surface area contributed by atoms with Gasteiger partial charge in [0.2, 0.25) is 0 Å². The molecule has 1 aromatic carbocycles. The molecule has 26 heavy (non-hydrogen) atoms. The molecule has 0 radical (unpaired) electrons. The van der Waals surface area contributed by atoms with Crippen molar-refractivity contribution < 1.29 is 0 Å². The number of hydrogen-bond donors (Lipinski definition) is 1. The molecule has 8 heteroatoms. The molecular formula is C18H19N5O3. The van der Waals surface area contributed by atoms with Crippen LogP contribution in [0.3, 0.4) is 0 Å². The highest BCUT2D eigenvalue weighted by molar-refractivity contribution is 5.77. The molecule has 0 saturated carbocycles. The second-order valence-corrected chi connectivity index (χ2v) is 6.56. The second kappa shape index (κ2) is 5.98. The van der Waals surface area contributed by atoms with Crippen LogP contribution in [-0.4, -0.2) is 25.6 Å². The number of aromatic amines is 1. The Hall–Kier alpha value is -3.16. The van der Waals surface area contributed by atoms with Crippen molar-refractivity contribution in [1.82, 2.24) is 19.1 Å². The molecule has 134 valence electrons. The predicted molar refractivity (Wildman–Crippen MR) is 98.6 cm³/mol. The third kappa shape index (κ3) is 2.45. The summed E-state index contributed by atoms with van der Waals surface area (Å²) in [6.07, 6.45) is 1.67. The van der Waals surface area contributed by atoms with E-state index >= 15 is 0 Å². The predicted octanol–water partition coefficient (Wildman–Crippen LogP) is 0.662. The van der Waals surface area contributed by atoms with E-state index in [9.17, 15) is 14.4 Å². The smallest absolute Gasteiger partial charge is 0.329 e. The van der Waals surface area contributed by atoms with Crippen molar-refractivity contribution in [3.63, 3.8) is 0 Å². The van der Waals surface area contributed by atoms with Crippen molar-refractivity contribution in [2.24, 2.45) is 14.1 Å². The average Bonchev–Trinajstić information content (AvgIpc) is 3.12. The van der Waals surface area contributed by atoms with Gasteiger partial charge in [0.1, 0.15) is 11.6 Å². The molecule has 1 unspecified atom stereocenters. The summed E-state index contributed by atoms with van der Waals surface area (Å²) in [4.78, 5) is 46.1. The Kier molecular flexibility index (Phi) is 3.75. The minimum absolute atomic E-state index is 0.102. The summed E-state index contributed by atoms with van der Waals surface area (Å²) >= 11 is 0. The van der Waals surface area contributed by atoms with Crippen LogP contribution >= 0.6 is 0 Å². The summed E-state index contributed by atoms with van der Waals surface area (Å²) in [7, 11) is 3.14. The molecular weight excluding hydrogens is 334 g/mol. The maximum atomic E-state index is 12.7. The van der Waals surface area contributed by atoms with Gasteiger partial charge in [-0.1, -0.05) is 12.1 Å². The minimum atomic E-state index is -0.460. The zero-order valence-corrected chi connectivity index (χ0v) is 14.6. The minimum Gasteiger partial charge on any atom is -0.348 e.